The smallest absolute Gasteiger partial charge is 0.249 e. The van der Waals surface area contributed by atoms with Gasteiger partial charge < -0.3 is 5.32 Å². The van der Waals surface area contributed by atoms with E-state index in [2.05, 4.69) is 5.32 Å². The molecule has 0 bridgehead atoms. The van der Waals surface area contributed by atoms with Gasteiger partial charge in [-0.1, -0.05) is 41.9 Å². The Morgan fingerprint density at radius 3 is 2.74 bits per heavy atom. The summed E-state index contributed by atoms with van der Waals surface area (Å²) in [6.07, 6.45) is 2.75. The molecule has 1 heterocycles. The highest BCUT2D eigenvalue weighted by atomic mass is 35.5. The molecule has 1 amide bonds. The van der Waals surface area contributed by atoms with Crippen molar-refractivity contribution in [3.8, 4) is 0 Å². The highest BCUT2D eigenvalue weighted by Crippen LogP contribution is 2.28. The summed E-state index contributed by atoms with van der Waals surface area (Å²) in [5, 5.41) is 3.62. The average Bonchev–Trinajstić information content (AvgIpc) is 2.70. The monoisotopic (exact) mass is 344 g/mol. The highest BCUT2D eigenvalue weighted by molar-refractivity contribution is 7.98. The first-order chi connectivity index (χ1) is 11.2. The zero-order valence-electron chi connectivity index (χ0n) is 12.8. The van der Waals surface area contributed by atoms with Gasteiger partial charge >= 0.3 is 0 Å². The SMILES string of the molecule is CSCC[C@H]1N=C(c2ccccc2)c2cc(Cl)ccc2NC1=O. The average molecular weight is 345 g/mol. The van der Waals surface area contributed by atoms with Gasteiger partial charge in [0.25, 0.3) is 0 Å². The number of anilines is 1. The number of nitrogens with zero attached hydrogens (tertiary/aromatic N) is 1. The van der Waals surface area contributed by atoms with Crippen LogP contribution < -0.4 is 5.32 Å². The van der Waals surface area contributed by atoms with E-state index in [-0.39, 0.29) is 11.9 Å². The van der Waals surface area contributed by atoms with Crippen LogP contribution in [0.4, 0.5) is 5.69 Å². The molecule has 1 aliphatic rings. The van der Waals surface area contributed by atoms with Crippen molar-refractivity contribution in [3.63, 3.8) is 0 Å². The maximum atomic E-state index is 12.5. The molecule has 0 unspecified atom stereocenters. The molecular formula is C18H17ClN2OS. The topological polar surface area (TPSA) is 41.5 Å². The van der Waals surface area contributed by atoms with Gasteiger partial charge in [-0.05, 0) is 36.6 Å². The van der Waals surface area contributed by atoms with Crippen molar-refractivity contribution >= 4 is 40.7 Å². The number of carbonyl (C=O) groups excluding carboxylic acids is 1. The first kappa shape index (κ1) is 16.1. The first-order valence-corrected chi connectivity index (χ1v) is 9.19. The molecule has 5 heteroatoms. The van der Waals surface area contributed by atoms with Crippen LogP contribution in [0.15, 0.2) is 53.5 Å². The van der Waals surface area contributed by atoms with Crippen LogP contribution in [0, 0.1) is 0 Å². The number of aliphatic imine (C=N–C) groups is 1. The Balaban J connectivity index is 2.13. The number of amides is 1. The predicted octanol–water partition coefficient (Wildman–Crippen LogP) is 4.25. The van der Waals surface area contributed by atoms with Gasteiger partial charge in [0.2, 0.25) is 5.91 Å². The van der Waals surface area contributed by atoms with E-state index >= 15 is 0 Å². The fourth-order valence-electron chi connectivity index (χ4n) is 2.57. The fraction of sp³-hybridized carbons (Fsp3) is 0.222. The van der Waals surface area contributed by atoms with E-state index in [1.807, 2.05) is 48.7 Å². The van der Waals surface area contributed by atoms with E-state index in [1.54, 1.807) is 17.8 Å². The Morgan fingerprint density at radius 2 is 2.00 bits per heavy atom. The number of nitrogens with one attached hydrogen (secondary N) is 1. The van der Waals surface area contributed by atoms with E-state index in [9.17, 15) is 4.79 Å². The number of halogens is 1. The Bertz CT molecular complexity index is 746. The number of carbonyl (C=O) groups is 1. The third-order valence-electron chi connectivity index (χ3n) is 3.72. The summed E-state index contributed by atoms with van der Waals surface area (Å²) >= 11 is 7.89. The normalized spacial score (nSPS) is 17.0. The van der Waals surface area contributed by atoms with Crippen LogP contribution in [0.5, 0.6) is 0 Å². The molecule has 0 saturated heterocycles. The lowest BCUT2D eigenvalue weighted by molar-refractivity contribution is -0.117. The number of benzodiazepines with no additional fused rings is 1. The number of fused-ring (bicyclic) bond motifs is 1. The van der Waals surface area contributed by atoms with E-state index in [4.69, 9.17) is 16.6 Å². The minimum atomic E-state index is -0.385. The molecule has 0 aromatic heterocycles. The second kappa shape index (κ2) is 7.20. The minimum Gasteiger partial charge on any atom is -0.324 e. The molecule has 1 atom stereocenters. The summed E-state index contributed by atoms with van der Waals surface area (Å²) in [6, 6.07) is 15.0. The van der Waals surface area contributed by atoms with Gasteiger partial charge in [-0.15, -0.1) is 0 Å². The van der Waals surface area contributed by atoms with Crippen molar-refractivity contribution in [3.05, 3.63) is 64.7 Å². The second-order valence-corrected chi connectivity index (χ2v) is 6.74. The maximum Gasteiger partial charge on any atom is 0.249 e. The largest absolute Gasteiger partial charge is 0.324 e. The molecule has 118 valence electrons. The molecule has 0 fully saturated rings. The molecule has 0 aliphatic carbocycles. The molecule has 2 aromatic rings. The van der Waals surface area contributed by atoms with Crippen LogP contribution in [0.3, 0.4) is 0 Å². The van der Waals surface area contributed by atoms with E-state index in [0.29, 0.717) is 11.4 Å². The van der Waals surface area contributed by atoms with Crippen LogP contribution in [0.1, 0.15) is 17.5 Å². The first-order valence-electron chi connectivity index (χ1n) is 7.42. The molecule has 0 spiro atoms. The van der Waals surface area contributed by atoms with Gasteiger partial charge in [-0.3, -0.25) is 9.79 Å². The number of benzene rings is 2. The van der Waals surface area contributed by atoms with Crippen LogP contribution in [-0.2, 0) is 4.79 Å². The van der Waals surface area contributed by atoms with E-state index in [0.717, 1.165) is 28.3 Å². The summed E-state index contributed by atoms with van der Waals surface area (Å²) in [4.78, 5) is 17.3. The van der Waals surface area contributed by atoms with Gasteiger partial charge in [-0.25, -0.2) is 0 Å². The molecule has 3 nitrogen and oxygen atoms in total. The van der Waals surface area contributed by atoms with Crippen molar-refractivity contribution in [2.75, 3.05) is 17.3 Å². The van der Waals surface area contributed by atoms with Gasteiger partial charge in [0, 0.05) is 16.1 Å². The van der Waals surface area contributed by atoms with Crippen LogP contribution in [0.2, 0.25) is 5.02 Å². The van der Waals surface area contributed by atoms with E-state index < -0.39 is 0 Å². The lowest BCUT2D eigenvalue weighted by Crippen LogP contribution is -2.26. The third kappa shape index (κ3) is 3.59. The molecule has 23 heavy (non-hydrogen) atoms. The molecule has 3 rings (SSSR count). The van der Waals surface area contributed by atoms with Crippen molar-refractivity contribution in [2.24, 2.45) is 4.99 Å². The van der Waals surface area contributed by atoms with E-state index in [1.165, 1.54) is 0 Å². The quantitative estimate of drug-likeness (QED) is 0.900. The summed E-state index contributed by atoms with van der Waals surface area (Å²) in [5.41, 5.74) is 3.42. The molecule has 1 N–H and O–H groups in total. The maximum absolute atomic E-state index is 12.5. The van der Waals surface area contributed by atoms with Crippen LogP contribution in [0.25, 0.3) is 0 Å². The van der Waals surface area contributed by atoms with Crippen LogP contribution in [-0.4, -0.2) is 29.7 Å². The Morgan fingerprint density at radius 1 is 1.22 bits per heavy atom. The summed E-state index contributed by atoms with van der Waals surface area (Å²) in [5.74, 6) is 0.828. The zero-order chi connectivity index (χ0) is 16.2. The lowest BCUT2D eigenvalue weighted by atomic mass is 10.0. The number of thioether (sulfide) groups is 1. The van der Waals surface area contributed by atoms with Gasteiger partial charge in [0.15, 0.2) is 0 Å². The molecule has 0 saturated carbocycles. The Hall–Kier alpha value is -1.78. The molecule has 2 aromatic carbocycles. The summed E-state index contributed by atoms with van der Waals surface area (Å²) in [6.45, 7) is 0. The van der Waals surface area contributed by atoms with Crippen molar-refractivity contribution in [1.82, 2.24) is 0 Å². The molecule has 1 aliphatic heterocycles. The van der Waals surface area contributed by atoms with Gasteiger partial charge in [-0.2, -0.15) is 11.8 Å². The van der Waals surface area contributed by atoms with Gasteiger partial charge in [0.1, 0.15) is 6.04 Å². The van der Waals surface area contributed by atoms with Crippen molar-refractivity contribution in [2.45, 2.75) is 12.5 Å². The standard InChI is InChI=1S/C18H17ClN2OS/c1-23-10-9-16-18(22)21-15-8-7-13(19)11-14(15)17(20-16)12-5-3-2-4-6-12/h2-8,11,16H,9-10H2,1H3,(H,21,22)/t16-/m1/s1. The predicted molar refractivity (Wildman–Crippen MR) is 98.9 cm³/mol. The zero-order valence-corrected chi connectivity index (χ0v) is 14.3. The molecule has 0 radical (unpaired) electrons. The Kier molecular flexibility index (Phi) is 5.03. The lowest BCUT2D eigenvalue weighted by Gasteiger charge is -2.10. The number of hydrogen-bond acceptors (Lipinski definition) is 3. The summed E-state index contributed by atoms with van der Waals surface area (Å²) < 4.78 is 0. The highest BCUT2D eigenvalue weighted by Gasteiger charge is 2.25. The molecular weight excluding hydrogens is 328 g/mol. The van der Waals surface area contributed by atoms with Crippen molar-refractivity contribution in [1.29, 1.82) is 0 Å². The summed E-state index contributed by atoms with van der Waals surface area (Å²) in [7, 11) is 0. The Labute approximate surface area is 145 Å². The second-order valence-electron chi connectivity index (χ2n) is 5.32. The van der Waals surface area contributed by atoms with Crippen LogP contribution >= 0.6 is 23.4 Å². The number of hydrogen-bond donors (Lipinski definition) is 1. The van der Waals surface area contributed by atoms with Gasteiger partial charge in [0.05, 0.1) is 11.4 Å². The minimum absolute atomic E-state index is 0.0615. The fourth-order valence-corrected chi connectivity index (χ4v) is 3.20. The van der Waals surface area contributed by atoms with Crippen molar-refractivity contribution < 1.29 is 4.79 Å². The number of rotatable bonds is 4. The third-order valence-corrected chi connectivity index (χ3v) is 4.60.